The summed E-state index contributed by atoms with van der Waals surface area (Å²) in [4.78, 5) is 26.5. The standard InChI is InChI=1S/C20H19ClN2O4/c1-11-9-13(21)6-7-14(11)22-18-17(19(24)23(2)20(18)25)12-5-8-15(26-3)16(10-12)27-4/h5-10,22H,1-4H3. The number of carbonyl (C=O) groups excluding carboxylic acids is 2. The Morgan fingerprint density at radius 3 is 2.30 bits per heavy atom. The second kappa shape index (κ2) is 7.32. The molecule has 0 saturated carbocycles. The third-order valence-electron chi connectivity index (χ3n) is 4.41. The van der Waals surface area contributed by atoms with Crippen molar-refractivity contribution < 1.29 is 19.1 Å². The number of methoxy groups -OCH3 is 2. The highest BCUT2D eigenvalue weighted by Gasteiger charge is 2.37. The lowest BCUT2D eigenvalue weighted by molar-refractivity contribution is -0.135. The molecule has 0 fully saturated rings. The van der Waals surface area contributed by atoms with Gasteiger partial charge in [-0.1, -0.05) is 17.7 Å². The minimum Gasteiger partial charge on any atom is -0.493 e. The van der Waals surface area contributed by atoms with Crippen LogP contribution in [0.1, 0.15) is 11.1 Å². The average Bonchev–Trinajstić information content (AvgIpc) is 2.87. The Morgan fingerprint density at radius 1 is 0.963 bits per heavy atom. The number of rotatable bonds is 5. The molecule has 1 heterocycles. The molecule has 1 N–H and O–H groups in total. The quantitative estimate of drug-likeness (QED) is 0.797. The van der Waals surface area contributed by atoms with Crippen molar-refractivity contribution in [3.63, 3.8) is 0 Å². The lowest BCUT2D eigenvalue weighted by Gasteiger charge is -2.12. The van der Waals surface area contributed by atoms with Crippen LogP contribution in [-0.2, 0) is 9.59 Å². The molecule has 3 rings (SSSR count). The van der Waals surface area contributed by atoms with E-state index < -0.39 is 5.91 Å². The fraction of sp³-hybridized carbons (Fsp3) is 0.200. The summed E-state index contributed by atoms with van der Waals surface area (Å²) in [5.41, 5.74) is 2.60. The number of imide groups is 1. The second-order valence-corrected chi connectivity index (χ2v) is 6.51. The molecule has 1 aliphatic heterocycles. The van der Waals surface area contributed by atoms with Crippen molar-refractivity contribution in [1.29, 1.82) is 0 Å². The third kappa shape index (κ3) is 3.36. The lowest BCUT2D eigenvalue weighted by Crippen LogP contribution is -2.28. The Kier molecular flexibility index (Phi) is 5.10. The van der Waals surface area contributed by atoms with Gasteiger partial charge in [-0.25, -0.2) is 0 Å². The van der Waals surface area contributed by atoms with Crippen LogP contribution in [0.25, 0.3) is 5.57 Å². The Morgan fingerprint density at radius 2 is 1.67 bits per heavy atom. The molecule has 0 bridgehead atoms. The molecule has 2 aromatic rings. The summed E-state index contributed by atoms with van der Waals surface area (Å²) in [6.07, 6.45) is 0. The SMILES string of the molecule is COc1ccc(C2=C(Nc3ccc(Cl)cc3C)C(=O)N(C)C2=O)cc1OC. The summed E-state index contributed by atoms with van der Waals surface area (Å²) in [6.45, 7) is 1.87. The van der Waals surface area contributed by atoms with E-state index in [9.17, 15) is 9.59 Å². The zero-order valence-corrected chi connectivity index (χ0v) is 16.2. The lowest BCUT2D eigenvalue weighted by atomic mass is 10.0. The predicted octanol–water partition coefficient (Wildman–Crippen LogP) is 3.49. The van der Waals surface area contributed by atoms with Crippen LogP contribution >= 0.6 is 11.6 Å². The number of carbonyl (C=O) groups is 2. The number of ether oxygens (including phenoxy) is 2. The van der Waals surface area contributed by atoms with Crippen LogP contribution in [0, 0.1) is 6.92 Å². The average molecular weight is 387 g/mol. The fourth-order valence-electron chi connectivity index (χ4n) is 2.92. The maximum atomic E-state index is 12.7. The molecule has 1 aliphatic rings. The predicted molar refractivity (Wildman–Crippen MR) is 104 cm³/mol. The monoisotopic (exact) mass is 386 g/mol. The molecular formula is C20H19ClN2O4. The molecule has 140 valence electrons. The van der Waals surface area contributed by atoms with Crippen molar-refractivity contribution in [3.05, 3.63) is 58.2 Å². The largest absolute Gasteiger partial charge is 0.493 e. The van der Waals surface area contributed by atoms with E-state index in [0.29, 0.717) is 27.8 Å². The van der Waals surface area contributed by atoms with Crippen LogP contribution in [0.15, 0.2) is 42.1 Å². The summed E-state index contributed by atoms with van der Waals surface area (Å²) in [6, 6.07) is 10.4. The van der Waals surface area contributed by atoms with E-state index in [-0.39, 0.29) is 17.2 Å². The van der Waals surface area contributed by atoms with E-state index in [1.54, 1.807) is 36.4 Å². The number of likely N-dealkylation sites (N-methyl/N-ethyl adjacent to an activating group) is 1. The van der Waals surface area contributed by atoms with Crippen molar-refractivity contribution >= 4 is 34.7 Å². The van der Waals surface area contributed by atoms with Gasteiger partial charge in [-0.15, -0.1) is 0 Å². The van der Waals surface area contributed by atoms with Crippen molar-refractivity contribution in [2.75, 3.05) is 26.6 Å². The normalized spacial score (nSPS) is 14.0. The number of amides is 2. The van der Waals surface area contributed by atoms with Gasteiger partial charge in [0.1, 0.15) is 5.70 Å². The molecule has 2 amide bonds. The first-order valence-electron chi connectivity index (χ1n) is 8.19. The van der Waals surface area contributed by atoms with Crippen LogP contribution in [0.5, 0.6) is 11.5 Å². The molecule has 0 unspecified atom stereocenters. The number of aryl methyl sites for hydroxylation is 1. The van der Waals surface area contributed by atoms with Crippen LogP contribution in [0.3, 0.4) is 0 Å². The van der Waals surface area contributed by atoms with Gasteiger partial charge in [0.05, 0.1) is 19.8 Å². The van der Waals surface area contributed by atoms with Crippen molar-refractivity contribution in [1.82, 2.24) is 4.90 Å². The van der Waals surface area contributed by atoms with Crippen molar-refractivity contribution in [3.8, 4) is 11.5 Å². The molecular weight excluding hydrogens is 368 g/mol. The maximum absolute atomic E-state index is 12.7. The van der Waals surface area contributed by atoms with Gasteiger partial charge in [0.2, 0.25) is 0 Å². The summed E-state index contributed by atoms with van der Waals surface area (Å²) < 4.78 is 10.6. The number of hydrogen-bond acceptors (Lipinski definition) is 5. The second-order valence-electron chi connectivity index (χ2n) is 6.07. The van der Waals surface area contributed by atoms with E-state index >= 15 is 0 Å². The Balaban J connectivity index is 2.12. The maximum Gasteiger partial charge on any atom is 0.277 e. The Bertz CT molecular complexity index is 968. The first kappa shape index (κ1) is 18.8. The molecule has 0 radical (unpaired) electrons. The highest BCUT2D eigenvalue weighted by molar-refractivity contribution is 6.36. The molecule has 0 spiro atoms. The fourth-order valence-corrected chi connectivity index (χ4v) is 3.15. The molecule has 0 aromatic heterocycles. The van der Waals surface area contributed by atoms with Gasteiger partial charge >= 0.3 is 0 Å². The highest BCUT2D eigenvalue weighted by Crippen LogP contribution is 2.35. The zero-order valence-electron chi connectivity index (χ0n) is 15.4. The van der Waals surface area contributed by atoms with E-state index in [4.69, 9.17) is 21.1 Å². The van der Waals surface area contributed by atoms with Crippen LogP contribution in [0.4, 0.5) is 5.69 Å². The smallest absolute Gasteiger partial charge is 0.277 e. The van der Waals surface area contributed by atoms with Crippen molar-refractivity contribution in [2.45, 2.75) is 6.92 Å². The minimum absolute atomic E-state index is 0.208. The van der Waals surface area contributed by atoms with Crippen LogP contribution < -0.4 is 14.8 Å². The van der Waals surface area contributed by atoms with Crippen LogP contribution in [-0.4, -0.2) is 38.0 Å². The van der Waals surface area contributed by atoms with Gasteiger partial charge in [-0.2, -0.15) is 0 Å². The number of anilines is 1. The summed E-state index contributed by atoms with van der Waals surface area (Å²) in [5, 5.41) is 3.69. The number of nitrogens with zero attached hydrogens (tertiary/aromatic N) is 1. The van der Waals surface area contributed by atoms with E-state index in [0.717, 1.165) is 10.5 Å². The van der Waals surface area contributed by atoms with Gasteiger partial charge in [0.15, 0.2) is 11.5 Å². The van der Waals surface area contributed by atoms with Gasteiger partial charge < -0.3 is 14.8 Å². The number of halogens is 1. The number of nitrogens with one attached hydrogen (secondary N) is 1. The summed E-state index contributed by atoms with van der Waals surface area (Å²) in [5.74, 6) is 0.217. The first-order chi connectivity index (χ1) is 12.9. The Hall–Kier alpha value is -2.99. The molecule has 27 heavy (non-hydrogen) atoms. The molecule has 7 heteroatoms. The van der Waals surface area contributed by atoms with E-state index in [1.807, 2.05) is 6.92 Å². The van der Waals surface area contributed by atoms with E-state index in [2.05, 4.69) is 5.32 Å². The molecule has 2 aromatic carbocycles. The molecule has 6 nitrogen and oxygen atoms in total. The third-order valence-corrected chi connectivity index (χ3v) is 4.64. The Labute approximate surface area is 162 Å². The summed E-state index contributed by atoms with van der Waals surface area (Å²) >= 11 is 6.00. The van der Waals surface area contributed by atoms with Gasteiger partial charge in [-0.05, 0) is 48.4 Å². The molecule has 0 atom stereocenters. The summed E-state index contributed by atoms with van der Waals surface area (Å²) in [7, 11) is 4.50. The molecule has 0 aliphatic carbocycles. The van der Waals surface area contributed by atoms with Crippen LogP contribution in [0.2, 0.25) is 5.02 Å². The number of benzene rings is 2. The van der Waals surface area contributed by atoms with Gasteiger partial charge in [0.25, 0.3) is 11.8 Å². The minimum atomic E-state index is -0.404. The highest BCUT2D eigenvalue weighted by atomic mass is 35.5. The van der Waals surface area contributed by atoms with Gasteiger partial charge in [0, 0.05) is 17.8 Å². The van der Waals surface area contributed by atoms with Gasteiger partial charge in [-0.3, -0.25) is 14.5 Å². The molecule has 0 saturated heterocycles. The zero-order chi connectivity index (χ0) is 19.7. The van der Waals surface area contributed by atoms with E-state index in [1.165, 1.54) is 21.3 Å². The number of hydrogen-bond donors (Lipinski definition) is 1. The van der Waals surface area contributed by atoms with Crippen molar-refractivity contribution in [2.24, 2.45) is 0 Å². The first-order valence-corrected chi connectivity index (χ1v) is 8.57. The topological polar surface area (TPSA) is 67.9 Å².